The van der Waals surface area contributed by atoms with Crippen LogP contribution in [-0.4, -0.2) is 6.10 Å². The molecule has 3 rings (SSSR count). The molecule has 2 aromatic rings. The van der Waals surface area contributed by atoms with Crippen LogP contribution in [0.5, 0.6) is 5.75 Å². The first-order chi connectivity index (χ1) is 9.85. The Morgan fingerprint density at radius 3 is 2.40 bits per heavy atom. The molecule has 2 nitrogen and oxygen atoms in total. The van der Waals surface area contributed by atoms with Gasteiger partial charge in [0.2, 0.25) is 0 Å². The van der Waals surface area contributed by atoms with Crippen LogP contribution in [0.25, 0.3) is 11.1 Å². The summed E-state index contributed by atoms with van der Waals surface area (Å²) in [7, 11) is 0. The van der Waals surface area contributed by atoms with E-state index in [1.54, 1.807) is 0 Å². The van der Waals surface area contributed by atoms with Crippen LogP contribution in [0.1, 0.15) is 31.2 Å². The Morgan fingerprint density at radius 1 is 0.950 bits per heavy atom. The molecule has 0 atom stereocenters. The van der Waals surface area contributed by atoms with Gasteiger partial charge < -0.3 is 10.5 Å². The molecular formula is C18H21NO. The second-order valence-corrected chi connectivity index (χ2v) is 5.46. The molecule has 1 fully saturated rings. The van der Waals surface area contributed by atoms with Crippen molar-refractivity contribution < 1.29 is 4.74 Å². The Bertz CT molecular complexity index is 573. The number of ether oxygens (including phenoxy) is 1. The van der Waals surface area contributed by atoms with Crippen LogP contribution in [0.15, 0.2) is 48.5 Å². The van der Waals surface area contributed by atoms with Gasteiger partial charge in [0, 0.05) is 6.54 Å². The van der Waals surface area contributed by atoms with E-state index in [1.807, 2.05) is 0 Å². The van der Waals surface area contributed by atoms with Crippen LogP contribution in [-0.2, 0) is 6.54 Å². The highest BCUT2D eigenvalue weighted by atomic mass is 16.5. The van der Waals surface area contributed by atoms with Crippen LogP contribution < -0.4 is 10.5 Å². The Kier molecular flexibility index (Phi) is 4.03. The Hall–Kier alpha value is -1.80. The van der Waals surface area contributed by atoms with Crippen LogP contribution in [0.3, 0.4) is 0 Å². The zero-order valence-electron chi connectivity index (χ0n) is 11.7. The van der Waals surface area contributed by atoms with E-state index in [1.165, 1.54) is 36.8 Å². The molecule has 2 N–H and O–H groups in total. The van der Waals surface area contributed by atoms with Crippen molar-refractivity contribution in [1.29, 1.82) is 0 Å². The van der Waals surface area contributed by atoms with E-state index in [4.69, 9.17) is 10.5 Å². The van der Waals surface area contributed by atoms with Gasteiger partial charge in [-0.3, -0.25) is 0 Å². The van der Waals surface area contributed by atoms with Crippen molar-refractivity contribution in [1.82, 2.24) is 0 Å². The van der Waals surface area contributed by atoms with Gasteiger partial charge in [-0.05, 0) is 60.6 Å². The number of hydrogen-bond acceptors (Lipinski definition) is 2. The second kappa shape index (κ2) is 6.10. The fourth-order valence-corrected chi connectivity index (χ4v) is 2.83. The van der Waals surface area contributed by atoms with Crippen molar-refractivity contribution in [2.24, 2.45) is 5.73 Å². The molecule has 0 amide bonds. The zero-order chi connectivity index (χ0) is 13.8. The van der Waals surface area contributed by atoms with Gasteiger partial charge in [0.05, 0.1) is 6.10 Å². The Morgan fingerprint density at radius 2 is 1.65 bits per heavy atom. The SMILES string of the molecule is NCc1cccc(-c2cccc(OC3CCCC3)c2)c1. The molecule has 0 aromatic heterocycles. The monoisotopic (exact) mass is 267 g/mol. The summed E-state index contributed by atoms with van der Waals surface area (Å²) in [5.41, 5.74) is 9.26. The van der Waals surface area contributed by atoms with Crippen molar-refractivity contribution >= 4 is 0 Å². The lowest BCUT2D eigenvalue weighted by molar-refractivity contribution is 0.210. The first-order valence-corrected chi connectivity index (χ1v) is 7.41. The molecule has 0 unspecified atom stereocenters. The van der Waals surface area contributed by atoms with Gasteiger partial charge >= 0.3 is 0 Å². The first-order valence-electron chi connectivity index (χ1n) is 7.41. The average molecular weight is 267 g/mol. The maximum atomic E-state index is 6.07. The summed E-state index contributed by atoms with van der Waals surface area (Å²) in [5, 5.41) is 0. The lowest BCUT2D eigenvalue weighted by atomic mass is 10.0. The van der Waals surface area contributed by atoms with Crippen LogP contribution in [0.2, 0.25) is 0 Å². The highest BCUT2D eigenvalue weighted by Gasteiger charge is 2.16. The maximum Gasteiger partial charge on any atom is 0.120 e. The molecule has 0 radical (unpaired) electrons. The van der Waals surface area contributed by atoms with Crippen LogP contribution >= 0.6 is 0 Å². The van der Waals surface area contributed by atoms with E-state index in [2.05, 4.69) is 48.5 Å². The molecule has 0 aliphatic heterocycles. The van der Waals surface area contributed by atoms with E-state index in [0.717, 1.165) is 11.3 Å². The summed E-state index contributed by atoms with van der Waals surface area (Å²) in [6.45, 7) is 0.576. The van der Waals surface area contributed by atoms with Gasteiger partial charge in [0.1, 0.15) is 5.75 Å². The summed E-state index contributed by atoms with van der Waals surface area (Å²) in [6, 6.07) is 16.8. The maximum absolute atomic E-state index is 6.07. The Labute approximate surface area is 120 Å². The molecule has 0 bridgehead atoms. The van der Waals surface area contributed by atoms with Crippen LogP contribution in [0.4, 0.5) is 0 Å². The molecule has 0 saturated heterocycles. The fourth-order valence-electron chi connectivity index (χ4n) is 2.83. The average Bonchev–Trinajstić information content (AvgIpc) is 3.00. The minimum atomic E-state index is 0.403. The minimum absolute atomic E-state index is 0.403. The summed E-state index contributed by atoms with van der Waals surface area (Å²) in [6.07, 6.45) is 5.37. The Balaban J connectivity index is 1.82. The minimum Gasteiger partial charge on any atom is -0.490 e. The molecule has 104 valence electrons. The van der Waals surface area contributed by atoms with Crippen LogP contribution in [0, 0.1) is 0 Å². The third kappa shape index (κ3) is 3.02. The molecule has 1 aliphatic carbocycles. The fraction of sp³-hybridized carbons (Fsp3) is 0.333. The third-order valence-corrected chi connectivity index (χ3v) is 3.94. The van der Waals surface area contributed by atoms with E-state index >= 15 is 0 Å². The lowest BCUT2D eigenvalue weighted by Crippen LogP contribution is -2.10. The third-order valence-electron chi connectivity index (χ3n) is 3.94. The van der Waals surface area contributed by atoms with Gasteiger partial charge in [-0.25, -0.2) is 0 Å². The predicted molar refractivity (Wildman–Crippen MR) is 82.7 cm³/mol. The highest BCUT2D eigenvalue weighted by Crippen LogP contribution is 2.28. The number of nitrogens with two attached hydrogens (primary N) is 1. The standard InChI is InChI=1S/C18H21NO/c19-13-14-5-3-6-15(11-14)16-7-4-10-18(12-16)20-17-8-1-2-9-17/h3-7,10-12,17H,1-2,8-9,13,19H2. The van der Waals surface area contributed by atoms with Crippen molar-refractivity contribution in [3.05, 3.63) is 54.1 Å². The van der Waals surface area contributed by atoms with E-state index in [0.29, 0.717) is 12.6 Å². The van der Waals surface area contributed by atoms with Gasteiger partial charge in [0.25, 0.3) is 0 Å². The first kappa shape index (κ1) is 13.2. The molecule has 2 aromatic carbocycles. The van der Waals surface area contributed by atoms with Gasteiger partial charge in [-0.2, -0.15) is 0 Å². The van der Waals surface area contributed by atoms with Crippen molar-refractivity contribution in [3.8, 4) is 16.9 Å². The summed E-state index contributed by atoms with van der Waals surface area (Å²) in [4.78, 5) is 0. The van der Waals surface area contributed by atoms with E-state index in [9.17, 15) is 0 Å². The molecular weight excluding hydrogens is 246 g/mol. The molecule has 0 heterocycles. The number of hydrogen-bond donors (Lipinski definition) is 1. The molecule has 0 spiro atoms. The molecule has 20 heavy (non-hydrogen) atoms. The quantitative estimate of drug-likeness (QED) is 0.903. The summed E-state index contributed by atoms with van der Waals surface area (Å²) < 4.78 is 6.07. The zero-order valence-corrected chi connectivity index (χ0v) is 11.7. The predicted octanol–water partition coefficient (Wildman–Crippen LogP) is 4.13. The van der Waals surface area contributed by atoms with E-state index in [-0.39, 0.29) is 0 Å². The van der Waals surface area contributed by atoms with Gasteiger partial charge in [0.15, 0.2) is 0 Å². The van der Waals surface area contributed by atoms with Crippen molar-refractivity contribution in [3.63, 3.8) is 0 Å². The number of rotatable bonds is 4. The summed E-state index contributed by atoms with van der Waals surface area (Å²) in [5.74, 6) is 0.979. The van der Waals surface area contributed by atoms with Gasteiger partial charge in [-0.15, -0.1) is 0 Å². The largest absolute Gasteiger partial charge is 0.490 e. The van der Waals surface area contributed by atoms with Gasteiger partial charge in [-0.1, -0.05) is 30.3 Å². The molecule has 2 heteroatoms. The van der Waals surface area contributed by atoms with E-state index < -0.39 is 0 Å². The summed E-state index contributed by atoms with van der Waals surface area (Å²) >= 11 is 0. The smallest absolute Gasteiger partial charge is 0.120 e. The lowest BCUT2D eigenvalue weighted by Gasteiger charge is -2.14. The second-order valence-electron chi connectivity index (χ2n) is 5.46. The number of benzene rings is 2. The van der Waals surface area contributed by atoms with Crippen molar-refractivity contribution in [2.75, 3.05) is 0 Å². The van der Waals surface area contributed by atoms with Crippen molar-refractivity contribution in [2.45, 2.75) is 38.3 Å². The molecule has 1 saturated carbocycles. The topological polar surface area (TPSA) is 35.2 Å². The highest BCUT2D eigenvalue weighted by molar-refractivity contribution is 5.65. The normalized spacial score (nSPS) is 15.4. The molecule has 1 aliphatic rings.